The zero-order chi connectivity index (χ0) is 15.1. The number of rotatable bonds is 3. The minimum Gasteiger partial charge on any atom is -0.315 e. The van der Waals surface area contributed by atoms with E-state index in [2.05, 4.69) is 5.32 Å². The Labute approximate surface area is 121 Å². The fourth-order valence-corrected chi connectivity index (χ4v) is 3.29. The number of carbonyl (C=O) groups is 1. The lowest BCUT2D eigenvalue weighted by molar-refractivity contribution is -0.197. The number of halogens is 3. The molecule has 0 bridgehead atoms. The van der Waals surface area contributed by atoms with Gasteiger partial charge < -0.3 is 5.32 Å². The summed E-state index contributed by atoms with van der Waals surface area (Å²) in [4.78, 5) is 12.7. The van der Waals surface area contributed by atoms with E-state index in [0.29, 0.717) is 0 Å². The predicted molar refractivity (Wildman–Crippen MR) is 73.3 cm³/mol. The Morgan fingerprint density at radius 1 is 1.24 bits per heavy atom. The van der Waals surface area contributed by atoms with E-state index >= 15 is 0 Å². The molecular weight excluding hydrogens is 279 g/mol. The molecule has 0 amide bonds. The second-order valence-corrected chi connectivity index (χ2v) is 6.05. The van der Waals surface area contributed by atoms with Crippen LogP contribution in [0.15, 0.2) is 24.3 Å². The molecule has 1 aliphatic heterocycles. The van der Waals surface area contributed by atoms with Crippen molar-refractivity contribution >= 4 is 5.78 Å². The number of nitrogens with one attached hydrogen (secondary N) is 1. The first-order chi connectivity index (χ1) is 9.96. The van der Waals surface area contributed by atoms with Gasteiger partial charge in [0.2, 0.25) is 0 Å². The Bertz CT molecular complexity index is 543. The molecule has 1 aromatic carbocycles. The highest BCUT2D eigenvalue weighted by Gasteiger charge is 2.61. The van der Waals surface area contributed by atoms with Gasteiger partial charge >= 0.3 is 6.18 Å². The molecular formula is C16H18F3NO. The molecule has 2 aliphatic rings. The summed E-state index contributed by atoms with van der Waals surface area (Å²) in [6.45, 7) is -0.0782. The smallest absolute Gasteiger partial charge is 0.315 e. The van der Waals surface area contributed by atoms with Gasteiger partial charge in [0.05, 0.1) is 0 Å². The average Bonchev–Trinajstić information content (AvgIpc) is 2.86. The Hall–Kier alpha value is -1.36. The van der Waals surface area contributed by atoms with Crippen LogP contribution < -0.4 is 5.32 Å². The fourth-order valence-electron chi connectivity index (χ4n) is 3.29. The molecule has 1 saturated heterocycles. The molecule has 0 aromatic heterocycles. The van der Waals surface area contributed by atoms with Gasteiger partial charge in [0.15, 0.2) is 5.78 Å². The molecule has 1 N–H and O–H groups in total. The topological polar surface area (TPSA) is 29.1 Å². The third kappa shape index (κ3) is 2.27. The van der Waals surface area contributed by atoms with Crippen molar-refractivity contribution in [3.63, 3.8) is 0 Å². The maximum atomic E-state index is 13.5. The summed E-state index contributed by atoms with van der Waals surface area (Å²) in [6, 6.07) is 6.82. The van der Waals surface area contributed by atoms with Gasteiger partial charge in [-0.2, -0.15) is 13.2 Å². The number of ketones is 1. The van der Waals surface area contributed by atoms with Crippen LogP contribution in [0.2, 0.25) is 0 Å². The standard InChI is InChI=1S/C16H18F3NO/c17-16(18,19)15(8-9-20-10-15)14(21)13-7-2-1-6-12(13)11-4-3-5-11/h1-2,6-7,11,20H,3-5,8-10H2. The lowest BCUT2D eigenvalue weighted by atomic mass is 9.73. The number of alkyl halides is 3. The number of hydrogen-bond acceptors (Lipinski definition) is 2. The summed E-state index contributed by atoms with van der Waals surface area (Å²) in [5.41, 5.74) is -1.19. The van der Waals surface area contributed by atoms with Crippen molar-refractivity contribution in [1.29, 1.82) is 0 Å². The highest BCUT2D eigenvalue weighted by Crippen LogP contribution is 2.47. The molecule has 114 valence electrons. The van der Waals surface area contributed by atoms with Crippen molar-refractivity contribution in [2.45, 2.75) is 37.8 Å². The summed E-state index contributed by atoms with van der Waals surface area (Å²) in [6.07, 6.45) is -1.68. The van der Waals surface area contributed by atoms with E-state index in [4.69, 9.17) is 0 Å². The Morgan fingerprint density at radius 3 is 2.48 bits per heavy atom. The van der Waals surface area contributed by atoms with E-state index in [1.165, 1.54) is 0 Å². The van der Waals surface area contributed by atoms with Crippen molar-refractivity contribution in [1.82, 2.24) is 5.32 Å². The largest absolute Gasteiger partial charge is 0.402 e. The van der Waals surface area contributed by atoms with Crippen molar-refractivity contribution in [2.75, 3.05) is 13.1 Å². The van der Waals surface area contributed by atoms with E-state index < -0.39 is 17.4 Å². The molecule has 1 atom stereocenters. The summed E-state index contributed by atoms with van der Waals surface area (Å²) in [5, 5.41) is 2.71. The SMILES string of the molecule is O=C(c1ccccc1C1CCC1)C1(C(F)(F)F)CCNC1. The van der Waals surface area contributed by atoms with Gasteiger partial charge in [-0.15, -0.1) is 0 Å². The van der Waals surface area contributed by atoms with Gasteiger partial charge in [0, 0.05) is 12.1 Å². The third-order valence-electron chi connectivity index (χ3n) is 4.88. The van der Waals surface area contributed by atoms with Crippen molar-refractivity contribution in [2.24, 2.45) is 5.41 Å². The maximum absolute atomic E-state index is 13.5. The Balaban J connectivity index is 2.01. The van der Waals surface area contributed by atoms with Gasteiger partial charge in [-0.1, -0.05) is 30.7 Å². The highest BCUT2D eigenvalue weighted by atomic mass is 19.4. The number of carbonyl (C=O) groups excluding carboxylic acids is 1. The monoisotopic (exact) mass is 297 g/mol. The molecule has 5 heteroatoms. The predicted octanol–water partition coefficient (Wildman–Crippen LogP) is 3.68. The number of Topliss-reactive ketones (excluding diaryl/α,β-unsaturated/α-hetero) is 1. The normalized spacial score (nSPS) is 26.6. The lowest BCUT2D eigenvalue weighted by Gasteiger charge is -2.32. The highest BCUT2D eigenvalue weighted by molar-refractivity contribution is 6.03. The first-order valence-electron chi connectivity index (χ1n) is 7.37. The Kier molecular flexibility index (Phi) is 3.56. The summed E-state index contributed by atoms with van der Waals surface area (Å²) in [5.74, 6) is -0.521. The lowest BCUT2D eigenvalue weighted by Crippen LogP contribution is -2.47. The van der Waals surface area contributed by atoms with Crippen LogP contribution in [0, 0.1) is 5.41 Å². The summed E-state index contributed by atoms with van der Waals surface area (Å²) < 4.78 is 40.6. The van der Waals surface area contributed by atoms with Crippen molar-refractivity contribution in [3.8, 4) is 0 Å². The zero-order valence-electron chi connectivity index (χ0n) is 11.7. The number of benzene rings is 1. The zero-order valence-corrected chi connectivity index (χ0v) is 11.7. The van der Waals surface area contributed by atoms with Crippen LogP contribution in [0.3, 0.4) is 0 Å². The molecule has 2 fully saturated rings. The van der Waals surface area contributed by atoms with E-state index in [9.17, 15) is 18.0 Å². The van der Waals surface area contributed by atoms with E-state index in [1.54, 1.807) is 18.2 Å². The summed E-state index contributed by atoms with van der Waals surface area (Å²) in [7, 11) is 0. The van der Waals surface area contributed by atoms with Crippen molar-refractivity contribution in [3.05, 3.63) is 35.4 Å². The molecule has 0 radical (unpaired) electrons. The molecule has 0 spiro atoms. The average molecular weight is 297 g/mol. The van der Waals surface area contributed by atoms with Gasteiger partial charge in [-0.25, -0.2) is 0 Å². The molecule has 1 saturated carbocycles. The number of hydrogen-bond donors (Lipinski definition) is 1. The second kappa shape index (κ2) is 5.13. The van der Waals surface area contributed by atoms with Crippen LogP contribution in [0.5, 0.6) is 0 Å². The van der Waals surface area contributed by atoms with Crippen LogP contribution in [-0.4, -0.2) is 25.0 Å². The quantitative estimate of drug-likeness (QED) is 0.862. The van der Waals surface area contributed by atoms with Gasteiger partial charge in [-0.3, -0.25) is 4.79 Å². The fraction of sp³-hybridized carbons (Fsp3) is 0.562. The maximum Gasteiger partial charge on any atom is 0.402 e. The molecule has 1 aromatic rings. The minimum atomic E-state index is -4.51. The van der Waals surface area contributed by atoms with Crippen LogP contribution in [0.25, 0.3) is 0 Å². The van der Waals surface area contributed by atoms with E-state index in [1.807, 2.05) is 6.07 Å². The molecule has 2 nitrogen and oxygen atoms in total. The van der Waals surface area contributed by atoms with Gasteiger partial charge in [0.1, 0.15) is 5.41 Å². The van der Waals surface area contributed by atoms with E-state index in [0.717, 1.165) is 24.8 Å². The summed E-state index contributed by atoms with van der Waals surface area (Å²) >= 11 is 0. The van der Waals surface area contributed by atoms with Crippen LogP contribution in [0.1, 0.15) is 47.5 Å². The van der Waals surface area contributed by atoms with E-state index in [-0.39, 0.29) is 31.0 Å². The minimum absolute atomic E-state index is 0.172. The molecule has 1 unspecified atom stereocenters. The molecule has 1 heterocycles. The first kappa shape index (κ1) is 14.6. The second-order valence-electron chi connectivity index (χ2n) is 6.05. The Morgan fingerprint density at radius 2 is 1.95 bits per heavy atom. The molecule has 1 aliphatic carbocycles. The van der Waals surface area contributed by atoms with Crippen LogP contribution >= 0.6 is 0 Å². The van der Waals surface area contributed by atoms with Crippen LogP contribution in [0.4, 0.5) is 13.2 Å². The first-order valence-corrected chi connectivity index (χ1v) is 7.37. The van der Waals surface area contributed by atoms with Gasteiger partial charge in [0.25, 0.3) is 0 Å². The van der Waals surface area contributed by atoms with Gasteiger partial charge in [-0.05, 0) is 37.3 Å². The molecule has 3 rings (SSSR count). The van der Waals surface area contributed by atoms with Crippen molar-refractivity contribution < 1.29 is 18.0 Å². The third-order valence-corrected chi connectivity index (χ3v) is 4.88. The van der Waals surface area contributed by atoms with Crippen LogP contribution in [-0.2, 0) is 0 Å². The molecule has 21 heavy (non-hydrogen) atoms.